The van der Waals surface area contributed by atoms with Gasteiger partial charge in [-0.05, 0) is 30.5 Å². The van der Waals surface area contributed by atoms with Crippen LogP contribution in [0.5, 0.6) is 11.5 Å². The lowest BCUT2D eigenvalue weighted by Crippen LogP contribution is -2.28. The standard InChI is InChI=1S/C14H19NO5/c1-18-12-7-9(13(15)14(16)17)4-5-11(12)20-10-3-2-6-19-8-10/h4-5,7,10,13H,2-3,6,8,15H2,1H3,(H,16,17). The van der Waals surface area contributed by atoms with Crippen LogP contribution in [-0.4, -0.2) is 37.5 Å². The van der Waals surface area contributed by atoms with Crippen molar-refractivity contribution in [3.63, 3.8) is 0 Å². The monoisotopic (exact) mass is 281 g/mol. The van der Waals surface area contributed by atoms with Gasteiger partial charge in [-0.15, -0.1) is 0 Å². The van der Waals surface area contributed by atoms with Crippen LogP contribution in [0.3, 0.4) is 0 Å². The van der Waals surface area contributed by atoms with Crippen molar-refractivity contribution in [2.24, 2.45) is 5.73 Å². The summed E-state index contributed by atoms with van der Waals surface area (Å²) in [7, 11) is 1.51. The first-order valence-corrected chi connectivity index (χ1v) is 6.52. The molecule has 0 aromatic heterocycles. The Balaban J connectivity index is 2.14. The highest BCUT2D eigenvalue weighted by molar-refractivity contribution is 5.75. The van der Waals surface area contributed by atoms with Crippen molar-refractivity contribution in [2.45, 2.75) is 25.0 Å². The van der Waals surface area contributed by atoms with Crippen LogP contribution in [0, 0.1) is 0 Å². The van der Waals surface area contributed by atoms with Crippen LogP contribution >= 0.6 is 0 Å². The predicted molar refractivity (Wildman–Crippen MR) is 72.0 cm³/mol. The van der Waals surface area contributed by atoms with Gasteiger partial charge in [0.05, 0.1) is 13.7 Å². The van der Waals surface area contributed by atoms with E-state index in [2.05, 4.69) is 0 Å². The molecule has 0 amide bonds. The molecule has 6 nitrogen and oxygen atoms in total. The Morgan fingerprint density at radius 2 is 2.30 bits per heavy atom. The fourth-order valence-corrected chi connectivity index (χ4v) is 2.10. The molecule has 0 radical (unpaired) electrons. The lowest BCUT2D eigenvalue weighted by Gasteiger charge is -2.24. The number of carboxylic acids is 1. The first-order chi connectivity index (χ1) is 9.61. The van der Waals surface area contributed by atoms with Gasteiger partial charge in [0.2, 0.25) is 0 Å². The summed E-state index contributed by atoms with van der Waals surface area (Å²) in [6, 6.07) is 3.85. The second-order valence-electron chi connectivity index (χ2n) is 4.68. The van der Waals surface area contributed by atoms with Crippen molar-refractivity contribution < 1.29 is 24.1 Å². The Morgan fingerprint density at radius 3 is 2.90 bits per heavy atom. The van der Waals surface area contributed by atoms with Gasteiger partial charge in [-0.1, -0.05) is 6.07 Å². The Kier molecular flexibility index (Phi) is 4.81. The molecule has 0 aliphatic carbocycles. The van der Waals surface area contributed by atoms with Crippen molar-refractivity contribution in [1.29, 1.82) is 0 Å². The van der Waals surface area contributed by atoms with Crippen LogP contribution < -0.4 is 15.2 Å². The maximum absolute atomic E-state index is 10.9. The maximum Gasteiger partial charge on any atom is 0.325 e. The summed E-state index contributed by atoms with van der Waals surface area (Å²) in [5.41, 5.74) is 6.05. The quantitative estimate of drug-likeness (QED) is 0.846. The molecule has 110 valence electrons. The second-order valence-corrected chi connectivity index (χ2v) is 4.68. The summed E-state index contributed by atoms with van der Waals surface area (Å²) in [5.74, 6) is -0.0319. The molecular weight excluding hydrogens is 262 g/mol. The van der Waals surface area contributed by atoms with Crippen molar-refractivity contribution in [3.8, 4) is 11.5 Å². The molecular formula is C14H19NO5. The first kappa shape index (κ1) is 14.6. The molecule has 0 saturated carbocycles. The number of benzene rings is 1. The number of rotatable bonds is 5. The second kappa shape index (κ2) is 6.58. The van der Waals surface area contributed by atoms with E-state index in [4.69, 9.17) is 25.1 Å². The summed E-state index contributed by atoms with van der Waals surface area (Å²) in [6.45, 7) is 1.32. The molecule has 6 heteroatoms. The van der Waals surface area contributed by atoms with Crippen molar-refractivity contribution in [1.82, 2.24) is 0 Å². The Morgan fingerprint density at radius 1 is 1.50 bits per heavy atom. The number of carboxylic acid groups (broad SMARTS) is 1. The molecule has 2 rings (SSSR count). The number of aliphatic carboxylic acids is 1. The molecule has 1 fully saturated rings. The van der Waals surface area contributed by atoms with Gasteiger partial charge in [0, 0.05) is 6.61 Å². The molecule has 2 atom stereocenters. The van der Waals surface area contributed by atoms with Crippen molar-refractivity contribution in [3.05, 3.63) is 23.8 Å². The van der Waals surface area contributed by atoms with E-state index in [0.29, 0.717) is 23.7 Å². The molecule has 1 aromatic carbocycles. The zero-order chi connectivity index (χ0) is 14.5. The van der Waals surface area contributed by atoms with Crippen LogP contribution in [0.1, 0.15) is 24.4 Å². The summed E-state index contributed by atoms with van der Waals surface area (Å²) in [4.78, 5) is 10.9. The lowest BCUT2D eigenvalue weighted by atomic mass is 10.1. The van der Waals surface area contributed by atoms with E-state index in [0.717, 1.165) is 19.4 Å². The zero-order valence-electron chi connectivity index (χ0n) is 11.4. The molecule has 0 bridgehead atoms. The molecule has 3 N–H and O–H groups in total. The molecule has 2 unspecified atom stereocenters. The zero-order valence-corrected chi connectivity index (χ0v) is 11.4. The van der Waals surface area contributed by atoms with Crippen LogP contribution in [0.2, 0.25) is 0 Å². The molecule has 1 aliphatic rings. The van der Waals surface area contributed by atoms with Crippen LogP contribution in [0.4, 0.5) is 0 Å². The highest BCUT2D eigenvalue weighted by Crippen LogP contribution is 2.31. The number of hydrogen-bond donors (Lipinski definition) is 2. The van der Waals surface area contributed by atoms with Gasteiger partial charge in [0.25, 0.3) is 0 Å². The molecule has 1 heterocycles. The number of methoxy groups -OCH3 is 1. The van der Waals surface area contributed by atoms with E-state index in [1.54, 1.807) is 18.2 Å². The van der Waals surface area contributed by atoms with E-state index >= 15 is 0 Å². The topological polar surface area (TPSA) is 91.0 Å². The van der Waals surface area contributed by atoms with Crippen LogP contribution in [0.15, 0.2) is 18.2 Å². The summed E-state index contributed by atoms with van der Waals surface area (Å²) in [5, 5.41) is 8.92. The van der Waals surface area contributed by atoms with Gasteiger partial charge in [0.15, 0.2) is 11.5 Å². The highest BCUT2D eigenvalue weighted by Gasteiger charge is 2.20. The Labute approximate surface area is 117 Å². The number of nitrogens with two attached hydrogens (primary N) is 1. The molecule has 1 aromatic rings. The smallest absolute Gasteiger partial charge is 0.325 e. The Bertz CT molecular complexity index is 471. The largest absolute Gasteiger partial charge is 0.493 e. The van der Waals surface area contributed by atoms with Gasteiger partial charge in [-0.3, -0.25) is 4.79 Å². The van der Waals surface area contributed by atoms with Gasteiger partial charge < -0.3 is 25.1 Å². The minimum atomic E-state index is -1.08. The summed E-state index contributed by atoms with van der Waals surface area (Å²) < 4.78 is 16.4. The third-order valence-corrected chi connectivity index (χ3v) is 3.23. The normalized spacial score (nSPS) is 20.2. The van der Waals surface area contributed by atoms with Gasteiger partial charge in [0.1, 0.15) is 12.1 Å². The average Bonchev–Trinajstić information content (AvgIpc) is 2.48. The molecule has 20 heavy (non-hydrogen) atoms. The van der Waals surface area contributed by atoms with E-state index in [-0.39, 0.29) is 6.10 Å². The lowest BCUT2D eigenvalue weighted by molar-refractivity contribution is -0.138. The van der Waals surface area contributed by atoms with Crippen LogP contribution in [0.25, 0.3) is 0 Å². The summed E-state index contributed by atoms with van der Waals surface area (Å²) in [6.07, 6.45) is 1.89. The molecule has 0 spiro atoms. The average molecular weight is 281 g/mol. The fraction of sp³-hybridized carbons (Fsp3) is 0.500. The minimum absolute atomic E-state index is 0.00310. The van der Waals surface area contributed by atoms with E-state index in [9.17, 15) is 4.79 Å². The predicted octanol–water partition coefficient (Wildman–Crippen LogP) is 1.34. The molecule has 1 saturated heterocycles. The maximum atomic E-state index is 10.9. The van der Waals surface area contributed by atoms with E-state index in [1.807, 2.05) is 0 Å². The third-order valence-electron chi connectivity index (χ3n) is 3.23. The van der Waals surface area contributed by atoms with E-state index in [1.165, 1.54) is 7.11 Å². The number of hydrogen-bond acceptors (Lipinski definition) is 5. The van der Waals surface area contributed by atoms with Crippen molar-refractivity contribution in [2.75, 3.05) is 20.3 Å². The van der Waals surface area contributed by atoms with Gasteiger partial charge >= 0.3 is 5.97 Å². The van der Waals surface area contributed by atoms with Crippen LogP contribution in [-0.2, 0) is 9.53 Å². The summed E-state index contributed by atoms with van der Waals surface area (Å²) >= 11 is 0. The Hall–Kier alpha value is -1.79. The SMILES string of the molecule is COc1cc(C(N)C(=O)O)ccc1OC1CCCOC1. The first-order valence-electron chi connectivity index (χ1n) is 6.52. The molecule has 1 aliphatic heterocycles. The fourth-order valence-electron chi connectivity index (χ4n) is 2.10. The minimum Gasteiger partial charge on any atom is -0.493 e. The number of ether oxygens (including phenoxy) is 3. The van der Waals surface area contributed by atoms with Gasteiger partial charge in [-0.25, -0.2) is 0 Å². The van der Waals surface area contributed by atoms with Gasteiger partial charge in [-0.2, -0.15) is 0 Å². The number of carbonyl (C=O) groups is 1. The van der Waals surface area contributed by atoms with E-state index < -0.39 is 12.0 Å². The highest BCUT2D eigenvalue weighted by atomic mass is 16.5. The van der Waals surface area contributed by atoms with Crippen molar-refractivity contribution >= 4 is 5.97 Å². The third kappa shape index (κ3) is 3.40.